The molecule has 0 unspecified atom stereocenters. The Kier molecular flexibility index (Phi) is 5.63. The zero-order valence-electron chi connectivity index (χ0n) is 15.0. The van der Waals surface area contributed by atoms with Gasteiger partial charge in [-0.25, -0.2) is 0 Å². The number of thioether (sulfide) groups is 1. The van der Waals surface area contributed by atoms with Gasteiger partial charge in [0.1, 0.15) is 0 Å². The highest BCUT2D eigenvalue weighted by Gasteiger charge is 2.38. The molecule has 24 heavy (non-hydrogen) atoms. The van der Waals surface area contributed by atoms with Gasteiger partial charge < -0.3 is 14.8 Å². The number of benzene rings is 1. The first-order chi connectivity index (χ1) is 11.1. The van der Waals surface area contributed by atoms with Crippen LogP contribution in [0.5, 0.6) is 0 Å². The Hall–Kier alpha value is -1.49. The van der Waals surface area contributed by atoms with Crippen molar-refractivity contribution in [2.24, 2.45) is 5.92 Å². The number of carboxylic acid groups (broad SMARTS) is 1. The van der Waals surface area contributed by atoms with Crippen molar-refractivity contribution in [1.82, 2.24) is 4.90 Å². The molecule has 0 radical (unpaired) electrons. The molecule has 2 rings (SSSR count). The Morgan fingerprint density at radius 2 is 1.83 bits per heavy atom. The van der Waals surface area contributed by atoms with E-state index in [2.05, 4.69) is 34.6 Å². The lowest BCUT2D eigenvalue weighted by Crippen LogP contribution is -2.51. The van der Waals surface area contributed by atoms with Gasteiger partial charge in [0.05, 0.1) is 17.4 Å². The van der Waals surface area contributed by atoms with E-state index in [1.165, 1.54) is 16.7 Å². The molecule has 1 heterocycles. The molecule has 1 aromatic rings. The molecule has 132 valence electrons. The number of hydrogen-bond acceptors (Lipinski definition) is 4. The summed E-state index contributed by atoms with van der Waals surface area (Å²) < 4.78 is 0. The second-order valence-electron chi connectivity index (χ2n) is 7.79. The summed E-state index contributed by atoms with van der Waals surface area (Å²) in [4.78, 5) is 25.9. The van der Waals surface area contributed by atoms with E-state index < -0.39 is 12.0 Å². The number of hydrogen-bond donors (Lipinski definition) is 0. The molecule has 1 amide bonds. The van der Waals surface area contributed by atoms with Crippen molar-refractivity contribution in [2.45, 2.75) is 57.9 Å². The molecule has 4 nitrogen and oxygen atoms in total. The van der Waals surface area contributed by atoms with Gasteiger partial charge >= 0.3 is 0 Å². The minimum Gasteiger partial charge on any atom is -0.548 e. The predicted octanol–water partition coefficient (Wildman–Crippen LogP) is 2.66. The van der Waals surface area contributed by atoms with Crippen LogP contribution in [0.3, 0.4) is 0 Å². The van der Waals surface area contributed by atoms with Gasteiger partial charge in [-0.15, -0.1) is 11.8 Å². The number of rotatable bonds is 4. The quantitative estimate of drug-likeness (QED) is 0.839. The van der Waals surface area contributed by atoms with Crippen LogP contribution < -0.4 is 5.11 Å². The average Bonchev–Trinajstić information content (AvgIpc) is 2.88. The molecule has 0 bridgehead atoms. The van der Waals surface area contributed by atoms with Crippen LogP contribution in [-0.2, 0) is 10.2 Å². The van der Waals surface area contributed by atoms with Gasteiger partial charge in [0, 0.05) is 11.3 Å². The Balaban J connectivity index is 2.27. The van der Waals surface area contributed by atoms with Crippen LogP contribution in [0.15, 0.2) is 24.3 Å². The molecule has 0 N–H and O–H groups in total. The molecule has 0 saturated carbocycles. The van der Waals surface area contributed by atoms with Crippen molar-refractivity contribution >= 4 is 23.6 Å². The summed E-state index contributed by atoms with van der Waals surface area (Å²) in [5.41, 5.74) is 1.69. The van der Waals surface area contributed by atoms with Gasteiger partial charge in [0.15, 0.2) is 0 Å². The first-order valence-electron chi connectivity index (χ1n) is 8.37. The van der Waals surface area contributed by atoms with Gasteiger partial charge in [-0.3, -0.25) is 4.79 Å². The van der Waals surface area contributed by atoms with Gasteiger partial charge in [0.2, 0.25) is 0 Å². The van der Waals surface area contributed by atoms with E-state index in [9.17, 15) is 14.7 Å². The number of nitrogens with zero attached hydrogens (tertiary/aromatic N) is 1. The van der Waals surface area contributed by atoms with Gasteiger partial charge in [-0.05, 0) is 35.4 Å². The van der Waals surface area contributed by atoms with Crippen molar-refractivity contribution in [2.75, 3.05) is 5.75 Å². The van der Waals surface area contributed by atoms with Crippen molar-refractivity contribution in [3.8, 4) is 0 Å². The molecule has 5 heteroatoms. The molecule has 0 spiro atoms. The molecule has 1 saturated heterocycles. The van der Waals surface area contributed by atoms with E-state index in [1.54, 1.807) is 12.1 Å². The van der Waals surface area contributed by atoms with E-state index in [-0.39, 0.29) is 16.7 Å². The van der Waals surface area contributed by atoms with Crippen molar-refractivity contribution < 1.29 is 14.7 Å². The Morgan fingerprint density at radius 1 is 1.25 bits per heavy atom. The van der Waals surface area contributed by atoms with Crippen LogP contribution in [0.2, 0.25) is 0 Å². The fourth-order valence-electron chi connectivity index (χ4n) is 2.86. The molecule has 0 aromatic heterocycles. The molecule has 1 aliphatic rings. The first kappa shape index (κ1) is 18.8. The highest BCUT2D eigenvalue weighted by atomic mass is 32.2. The standard InChI is InChI=1S/C19H27NO3S/c1-12(2)10-16-20(15(11-24-16)18(22)23)17(21)13-6-8-14(9-7-13)19(3,4)5/h6-9,12,15-16H,10-11H2,1-5H3,(H,22,23)/p-1/t15-,16+/m1/s1. The Labute approximate surface area is 148 Å². The van der Waals surface area contributed by atoms with Gasteiger partial charge in [-0.2, -0.15) is 0 Å². The second-order valence-corrected chi connectivity index (χ2v) is 9.00. The summed E-state index contributed by atoms with van der Waals surface area (Å²) in [6.45, 7) is 10.5. The molecular weight excluding hydrogens is 322 g/mol. The van der Waals surface area contributed by atoms with Crippen LogP contribution in [0, 0.1) is 5.92 Å². The number of aliphatic carboxylic acids is 1. The van der Waals surface area contributed by atoms with E-state index in [1.807, 2.05) is 12.1 Å². The minimum absolute atomic E-state index is 0.0127. The number of carbonyl (C=O) groups is 2. The summed E-state index contributed by atoms with van der Waals surface area (Å²) in [7, 11) is 0. The lowest BCUT2D eigenvalue weighted by Gasteiger charge is -2.31. The largest absolute Gasteiger partial charge is 0.548 e. The molecule has 2 atom stereocenters. The predicted molar refractivity (Wildman–Crippen MR) is 95.8 cm³/mol. The van der Waals surface area contributed by atoms with E-state index in [4.69, 9.17) is 0 Å². The minimum atomic E-state index is -1.17. The zero-order valence-corrected chi connectivity index (χ0v) is 15.9. The van der Waals surface area contributed by atoms with Crippen LogP contribution in [-0.4, -0.2) is 33.9 Å². The first-order valence-corrected chi connectivity index (χ1v) is 9.41. The summed E-state index contributed by atoms with van der Waals surface area (Å²) in [6.07, 6.45) is 0.778. The summed E-state index contributed by atoms with van der Waals surface area (Å²) in [6, 6.07) is 6.63. The summed E-state index contributed by atoms with van der Waals surface area (Å²) in [5, 5.41) is 11.3. The third-order valence-corrected chi connectivity index (χ3v) is 5.58. The number of carbonyl (C=O) groups excluding carboxylic acids is 2. The average molecular weight is 348 g/mol. The summed E-state index contributed by atoms with van der Waals surface area (Å²) in [5.74, 6) is -0.610. The SMILES string of the molecule is CC(C)C[C@@H]1SC[C@H](C(=O)[O-])N1C(=O)c1ccc(C(C)(C)C)cc1. The molecule has 1 aliphatic heterocycles. The van der Waals surface area contributed by atoms with Gasteiger partial charge in [0.25, 0.3) is 5.91 Å². The van der Waals surface area contributed by atoms with E-state index >= 15 is 0 Å². The van der Waals surface area contributed by atoms with E-state index in [0.29, 0.717) is 17.2 Å². The van der Waals surface area contributed by atoms with Crippen LogP contribution >= 0.6 is 11.8 Å². The van der Waals surface area contributed by atoms with Crippen LogP contribution in [0.4, 0.5) is 0 Å². The number of amides is 1. The molecule has 0 aliphatic carbocycles. The highest BCUT2D eigenvalue weighted by molar-refractivity contribution is 8.00. The normalized spacial score (nSPS) is 21.3. The van der Waals surface area contributed by atoms with Crippen molar-refractivity contribution in [3.63, 3.8) is 0 Å². The molecular formula is C19H26NO3S-. The van der Waals surface area contributed by atoms with Crippen LogP contribution in [0.1, 0.15) is 57.0 Å². The summed E-state index contributed by atoms with van der Waals surface area (Å²) >= 11 is 1.53. The Bertz CT molecular complexity index is 604. The lowest BCUT2D eigenvalue weighted by molar-refractivity contribution is -0.310. The third kappa shape index (κ3) is 4.12. The van der Waals surface area contributed by atoms with Gasteiger partial charge in [-0.1, -0.05) is 46.8 Å². The Morgan fingerprint density at radius 3 is 2.29 bits per heavy atom. The number of carboxylic acids is 1. The van der Waals surface area contributed by atoms with E-state index in [0.717, 1.165) is 12.0 Å². The second kappa shape index (κ2) is 7.18. The maximum atomic E-state index is 12.9. The van der Waals surface area contributed by atoms with Crippen LogP contribution in [0.25, 0.3) is 0 Å². The fourth-order valence-corrected chi connectivity index (χ4v) is 4.49. The van der Waals surface area contributed by atoms with Crippen molar-refractivity contribution in [3.05, 3.63) is 35.4 Å². The fraction of sp³-hybridized carbons (Fsp3) is 0.579. The lowest BCUT2D eigenvalue weighted by atomic mass is 9.86. The zero-order chi connectivity index (χ0) is 18.1. The van der Waals surface area contributed by atoms with Crippen molar-refractivity contribution in [1.29, 1.82) is 0 Å². The maximum absolute atomic E-state index is 12.9. The third-order valence-electron chi connectivity index (χ3n) is 4.27. The highest BCUT2D eigenvalue weighted by Crippen LogP contribution is 2.34. The smallest absolute Gasteiger partial charge is 0.255 e. The molecule has 1 aromatic carbocycles. The maximum Gasteiger partial charge on any atom is 0.255 e. The monoisotopic (exact) mass is 348 g/mol. The molecule has 1 fully saturated rings. The topological polar surface area (TPSA) is 60.4 Å².